The zero-order valence-electron chi connectivity index (χ0n) is 7.77. The lowest BCUT2D eigenvalue weighted by molar-refractivity contribution is -0.168. The van der Waals surface area contributed by atoms with E-state index in [0.29, 0.717) is 0 Å². The number of alkyl halides is 3. The Bertz CT molecular complexity index is 196. The van der Waals surface area contributed by atoms with E-state index in [0.717, 1.165) is 0 Å². The highest BCUT2D eigenvalue weighted by atomic mass is 19.4. The summed E-state index contributed by atoms with van der Waals surface area (Å²) >= 11 is 0. The van der Waals surface area contributed by atoms with Gasteiger partial charge in [-0.3, -0.25) is 4.79 Å². The number of hydrogen-bond acceptors (Lipinski definition) is 1. The molecule has 0 heterocycles. The summed E-state index contributed by atoms with van der Waals surface area (Å²) in [7, 11) is 0. The van der Waals surface area contributed by atoms with E-state index in [1.165, 1.54) is 20.8 Å². The van der Waals surface area contributed by atoms with Gasteiger partial charge >= 0.3 is 12.1 Å². The van der Waals surface area contributed by atoms with Crippen LogP contribution in [0.4, 0.5) is 13.2 Å². The van der Waals surface area contributed by atoms with Crippen molar-refractivity contribution in [3.63, 3.8) is 0 Å². The van der Waals surface area contributed by atoms with Crippen molar-refractivity contribution >= 4 is 5.97 Å². The minimum Gasteiger partial charge on any atom is -0.481 e. The van der Waals surface area contributed by atoms with Gasteiger partial charge in [-0.15, -0.1) is 0 Å². The Hall–Kier alpha value is -0.740. The summed E-state index contributed by atoms with van der Waals surface area (Å²) in [6.07, 6.45) is -5.39. The van der Waals surface area contributed by atoms with Crippen molar-refractivity contribution in [1.29, 1.82) is 0 Å². The van der Waals surface area contributed by atoms with E-state index >= 15 is 0 Å². The molecule has 1 N–H and O–H groups in total. The molecule has 0 saturated carbocycles. The first-order chi connectivity index (χ1) is 5.56. The van der Waals surface area contributed by atoms with Crippen molar-refractivity contribution in [3.8, 4) is 0 Å². The molecule has 0 fully saturated rings. The quantitative estimate of drug-likeness (QED) is 0.756. The molecule has 0 unspecified atom stereocenters. The number of carbonyl (C=O) groups is 1. The highest BCUT2D eigenvalue weighted by Gasteiger charge is 2.41. The second kappa shape index (κ2) is 3.55. The number of carboxylic acid groups (broad SMARTS) is 1. The van der Waals surface area contributed by atoms with Crippen LogP contribution < -0.4 is 0 Å². The molecule has 0 aliphatic rings. The molecule has 2 nitrogen and oxygen atoms in total. The van der Waals surface area contributed by atoms with Crippen molar-refractivity contribution in [3.05, 3.63) is 0 Å². The average molecular weight is 198 g/mol. The number of carboxylic acids is 1. The highest BCUT2D eigenvalue weighted by molar-refractivity contribution is 5.70. The molecule has 0 bridgehead atoms. The van der Waals surface area contributed by atoms with Crippen LogP contribution in [-0.2, 0) is 4.79 Å². The SMILES string of the molecule is C[C@@H](C(=O)O)C(C)(C)CC(F)(F)F. The average Bonchev–Trinajstić information content (AvgIpc) is 1.80. The lowest BCUT2D eigenvalue weighted by atomic mass is 9.77. The number of hydrogen-bond donors (Lipinski definition) is 1. The maximum absolute atomic E-state index is 12.0. The molecular weight excluding hydrogens is 185 g/mol. The third kappa shape index (κ3) is 4.15. The summed E-state index contributed by atoms with van der Waals surface area (Å²) < 4.78 is 35.9. The Labute approximate surface area is 74.7 Å². The molecule has 0 aliphatic heterocycles. The first-order valence-corrected chi connectivity index (χ1v) is 3.86. The van der Waals surface area contributed by atoms with Crippen LogP contribution in [0.3, 0.4) is 0 Å². The van der Waals surface area contributed by atoms with Gasteiger partial charge in [0.15, 0.2) is 0 Å². The van der Waals surface area contributed by atoms with E-state index in [9.17, 15) is 18.0 Å². The van der Waals surface area contributed by atoms with Gasteiger partial charge in [0.2, 0.25) is 0 Å². The van der Waals surface area contributed by atoms with Crippen LogP contribution in [0.1, 0.15) is 27.2 Å². The maximum atomic E-state index is 12.0. The smallest absolute Gasteiger partial charge is 0.389 e. The standard InChI is InChI=1S/C8H13F3O2/c1-5(6(12)13)7(2,3)4-8(9,10)11/h5H,4H2,1-3H3,(H,12,13)/t5-/m0/s1. The first-order valence-electron chi connectivity index (χ1n) is 3.86. The zero-order chi connectivity index (χ0) is 10.9. The summed E-state index contributed by atoms with van der Waals surface area (Å²) in [5, 5.41) is 8.55. The lowest BCUT2D eigenvalue weighted by Gasteiger charge is -2.29. The number of halogens is 3. The third-order valence-corrected chi connectivity index (χ3v) is 2.20. The second-order valence-electron chi connectivity index (χ2n) is 3.84. The van der Waals surface area contributed by atoms with Crippen molar-refractivity contribution in [2.24, 2.45) is 11.3 Å². The maximum Gasteiger partial charge on any atom is 0.389 e. The summed E-state index contributed by atoms with van der Waals surface area (Å²) in [6.45, 7) is 3.90. The normalized spacial score (nSPS) is 15.5. The van der Waals surface area contributed by atoms with E-state index in [1.807, 2.05) is 0 Å². The molecular formula is C8H13F3O2. The van der Waals surface area contributed by atoms with Crippen LogP contribution >= 0.6 is 0 Å². The van der Waals surface area contributed by atoms with Gasteiger partial charge in [0, 0.05) is 6.42 Å². The monoisotopic (exact) mass is 198 g/mol. The Morgan fingerprint density at radius 2 is 1.77 bits per heavy atom. The van der Waals surface area contributed by atoms with Crippen LogP contribution in [0.5, 0.6) is 0 Å². The molecule has 0 radical (unpaired) electrons. The largest absolute Gasteiger partial charge is 0.481 e. The Morgan fingerprint density at radius 3 is 2.00 bits per heavy atom. The van der Waals surface area contributed by atoms with Gasteiger partial charge in [0.05, 0.1) is 5.92 Å². The number of rotatable bonds is 3. The second-order valence-corrected chi connectivity index (χ2v) is 3.84. The van der Waals surface area contributed by atoms with Crippen LogP contribution in [0.15, 0.2) is 0 Å². The van der Waals surface area contributed by atoms with Gasteiger partial charge in [-0.25, -0.2) is 0 Å². The van der Waals surface area contributed by atoms with Gasteiger partial charge in [0.25, 0.3) is 0 Å². The Morgan fingerprint density at radius 1 is 1.38 bits per heavy atom. The van der Waals surface area contributed by atoms with E-state index < -0.39 is 29.9 Å². The van der Waals surface area contributed by atoms with Gasteiger partial charge in [-0.05, 0) is 5.41 Å². The molecule has 0 rings (SSSR count). The molecule has 0 aliphatic carbocycles. The predicted octanol–water partition coefficient (Wildman–Crippen LogP) is 2.69. The summed E-state index contributed by atoms with van der Waals surface area (Å²) in [4.78, 5) is 10.5. The van der Waals surface area contributed by atoms with Crippen LogP contribution in [-0.4, -0.2) is 17.3 Å². The van der Waals surface area contributed by atoms with Gasteiger partial charge < -0.3 is 5.11 Å². The third-order valence-electron chi connectivity index (χ3n) is 2.20. The molecule has 0 aromatic rings. The van der Waals surface area contributed by atoms with Crippen LogP contribution in [0.25, 0.3) is 0 Å². The van der Waals surface area contributed by atoms with Crippen molar-refractivity contribution in [2.75, 3.05) is 0 Å². The summed E-state index contributed by atoms with van der Waals surface area (Å²) in [5.74, 6) is -2.21. The number of aliphatic carboxylic acids is 1. The zero-order valence-corrected chi connectivity index (χ0v) is 7.77. The minimum atomic E-state index is -4.31. The van der Waals surface area contributed by atoms with Crippen molar-refractivity contribution in [1.82, 2.24) is 0 Å². The van der Waals surface area contributed by atoms with Crippen molar-refractivity contribution in [2.45, 2.75) is 33.4 Å². The molecule has 13 heavy (non-hydrogen) atoms. The predicted molar refractivity (Wildman–Crippen MR) is 41.3 cm³/mol. The highest BCUT2D eigenvalue weighted by Crippen LogP contribution is 2.38. The van der Waals surface area contributed by atoms with Crippen LogP contribution in [0.2, 0.25) is 0 Å². The summed E-state index contributed by atoms with van der Waals surface area (Å²) in [6, 6.07) is 0. The molecule has 0 aromatic heterocycles. The molecule has 0 amide bonds. The van der Waals surface area contributed by atoms with E-state index in [-0.39, 0.29) is 0 Å². The molecule has 5 heteroatoms. The van der Waals surface area contributed by atoms with Gasteiger partial charge in [-0.1, -0.05) is 20.8 Å². The fourth-order valence-electron chi connectivity index (χ4n) is 1.00. The Balaban J connectivity index is 4.48. The first kappa shape index (κ1) is 12.3. The van der Waals surface area contributed by atoms with Crippen LogP contribution in [0, 0.1) is 11.3 Å². The minimum absolute atomic E-state index is 1.01. The molecule has 1 atom stereocenters. The summed E-state index contributed by atoms with van der Waals surface area (Å²) in [5.41, 5.74) is -1.26. The fraction of sp³-hybridized carbons (Fsp3) is 0.875. The molecule has 0 spiro atoms. The van der Waals surface area contributed by atoms with E-state index in [1.54, 1.807) is 0 Å². The fourth-order valence-corrected chi connectivity index (χ4v) is 1.00. The van der Waals surface area contributed by atoms with Gasteiger partial charge in [0.1, 0.15) is 0 Å². The van der Waals surface area contributed by atoms with Crippen molar-refractivity contribution < 1.29 is 23.1 Å². The van der Waals surface area contributed by atoms with Gasteiger partial charge in [-0.2, -0.15) is 13.2 Å². The van der Waals surface area contributed by atoms with E-state index in [2.05, 4.69) is 0 Å². The molecule has 0 aromatic carbocycles. The Kier molecular flexibility index (Phi) is 3.35. The van der Waals surface area contributed by atoms with E-state index in [4.69, 9.17) is 5.11 Å². The molecule has 78 valence electrons. The topological polar surface area (TPSA) is 37.3 Å². The molecule has 0 saturated heterocycles. The lowest BCUT2D eigenvalue weighted by Crippen LogP contribution is -2.33.